The van der Waals surface area contributed by atoms with Crippen molar-refractivity contribution in [1.82, 2.24) is 20.1 Å². The van der Waals surface area contributed by atoms with E-state index in [0.717, 1.165) is 12.8 Å². The van der Waals surface area contributed by atoms with E-state index >= 15 is 0 Å². The summed E-state index contributed by atoms with van der Waals surface area (Å²) in [5, 5.41) is 6.29. The van der Waals surface area contributed by atoms with Crippen molar-refractivity contribution in [3.05, 3.63) is 12.2 Å². The van der Waals surface area contributed by atoms with Crippen LogP contribution in [-0.2, 0) is 0 Å². The molecule has 1 saturated carbocycles. The van der Waals surface area contributed by atoms with Gasteiger partial charge in [0.05, 0.1) is 0 Å². The van der Waals surface area contributed by atoms with E-state index in [1.165, 1.54) is 25.6 Å². The molecule has 1 aliphatic carbocycles. The number of carbonyl (C=O) groups excluding carboxylic acids is 1. The van der Waals surface area contributed by atoms with Gasteiger partial charge in [0.15, 0.2) is 0 Å². The highest BCUT2D eigenvalue weighted by atomic mass is 16.2. The fourth-order valence-corrected chi connectivity index (χ4v) is 2.11. The highest BCUT2D eigenvalue weighted by molar-refractivity contribution is 5.90. The zero-order chi connectivity index (χ0) is 10.7. The van der Waals surface area contributed by atoms with Crippen LogP contribution >= 0.6 is 0 Å². The number of carbonyl (C=O) groups is 1. The van der Waals surface area contributed by atoms with Gasteiger partial charge in [-0.05, 0) is 12.8 Å². The van der Waals surface area contributed by atoms with Gasteiger partial charge in [0, 0.05) is 13.1 Å². The molecule has 1 aromatic heterocycles. The van der Waals surface area contributed by atoms with Crippen molar-refractivity contribution in [2.24, 2.45) is 0 Å². The van der Waals surface area contributed by atoms with Crippen LogP contribution in [0.4, 0.5) is 0 Å². The maximum Gasteiger partial charge on any atom is 0.291 e. The molecule has 0 radical (unpaired) electrons. The summed E-state index contributed by atoms with van der Waals surface area (Å²) in [5.41, 5.74) is 0. The van der Waals surface area contributed by atoms with Crippen molar-refractivity contribution < 1.29 is 4.79 Å². The van der Waals surface area contributed by atoms with Gasteiger partial charge in [0.25, 0.3) is 5.91 Å². The van der Waals surface area contributed by atoms with Crippen LogP contribution in [0.5, 0.6) is 0 Å². The molecule has 0 bridgehead atoms. The molecule has 5 nitrogen and oxygen atoms in total. The van der Waals surface area contributed by atoms with E-state index in [0.29, 0.717) is 11.9 Å². The normalized spacial score (nSPS) is 17.7. The van der Waals surface area contributed by atoms with Gasteiger partial charge in [-0.25, -0.2) is 4.98 Å². The lowest BCUT2D eigenvalue weighted by atomic mass is 9.94. The third kappa shape index (κ3) is 2.16. The van der Waals surface area contributed by atoms with Crippen molar-refractivity contribution in [2.75, 3.05) is 7.05 Å². The van der Waals surface area contributed by atoms with Gasteiger partial charge in [-0.3, -0.25) is 9.89 Å². The van der Waals surface area contributed by atoms with Crippen LogP contribution in [0.2, 0.25) is 0 Å². The smallest absolute Gasteiger partial charge is 0.291 e. The van der Waals surface area contributed by atoms with Gasteiger partial charge in [-0.1, -0.05) is 19.3 Å². The molecule has 1 fully saturated rings. The number of hydrogen-bond acceptors (Lipinski definition) is 3. The van der Waals surface area contributed by atoms with Crippen LogP contribution in [0, 0.1) is 0 Å². The Balaban J connectivity index is 2.00. The predicted octanol–water partition coefficient (Wildman–Crippen LogP) is 1.21. The van der Waals surface area contributed by atoms with Crippen LogP contribution in [0.3, 0.4) is 0 Å². The fourth-order valence-electron chi connectivity index (χ4n) is 2.11. The van der Waals surface area contributed by atoms with Gasteiger partial charge < -0.3 is 4.90 Å². The Morgan fingerprint density at radius 2 is 2.20 bits per heavy atom. The van der Waals surface area contributed by atoms with E-state index in [9.17, 15) is 4.79 Å². The average Bonchev–Trinajstić information content (AvgIpc) is 2.82. The number of hydrogen-bond donors (Lipinski definition) is 1. The fraction of sp³-hybridized carbons (Fsp3) is 0.700. The van der Waals surface area contributed by atoms with Crippen molar-refractivity contribution in [2.45, 2.75) is 38.1 Å². The summed E-state index contributed by atoms with van der Waals surface area (Å²) < 4.78 is 0. The molecule has 1 aromatic rings. The molecular weight excluding hydrogens is 192 g/mol. The Kier molecular flexibility index (Phi) is 2.99. The molecule has 0 aromatic carbocycles. The molecule has 0 spiro atoms. The van der Waals surface area contributed by atoms with Gasteiger partial charge in [-0.15, -0.1) is 0 Å². The first-order valence-corrected chi connectivity index (χ1v) is 5.41. The number of aromatic amines is 1. The van der Waals surface area contributed by atoms with E-state index in [1.54, 1.807) is 4.90 Å². The average molecular weight is 208 g/mol. The Hall–Kier alpha value is -1.39. The second-order valence-corrected chi connectivity index (χ2v) is 4.04. The molecule has 0 atom stereocenters. The second kappa shape index (κ2) is 4.42. The molecule has 5 heteroatoms. The van der Waals surface area contributed by atoms with Crippen LogP contribution in [0.1, 0.15) is 42.7 Å². The Morgan fingerprint density at radius 1 is 1.47 bits per heavy atom. The summed E-state index contributed by atoms with van der Waals surface area (Å²) in [6.07, 6.45) is 7.31. The molecule has 15 heavy (non-hydrogen) atoms. The monoisotopic (exact) mass is 208 g/mol. The molecule has 1 aliphatic rings. The van der Waals surface area contributed by atoms with E-state index < -0.39 is 0 Å². The zero-order valence-corrected chi connectivity index (χ0v) is 8.94. The van der Waals surface area contributed by atoms with Crippen LogP contribution in [0.15, 0.2) is 6.33 Å². The lowest BCUT2D eigenvalue weighted by molar-refractivity contribution is 0.0684. The molecule has 0 saturated heterocycles. The molecule has 82 valence electrons. The minimum Gasteiger partial charge on any atom is -0.336 e. The van der Waals surface area contributed by atoms with E-state index in [4.69, 9.17) is 0 Å². The minimum absolute atomic E-state index is 0.0561. The zero-order valence-electron chi connectivity index (χ0n) is 8.94. The third-order valence-corrected chi connectivity index (χ3v) is 3.06. The number of nitrogens with zero attached hydrogens (tertiary/aromatic N) is 3. The van der Waals surface area contributed by atoms with Crippen molar-refractivity contribution in [3.63, 3.8) is 0 Å². The number of aromatic nitrogens is 3. The van der Waals surface area contributed by atoms with E-state index in [-0.39, 0.29) is 5.91 Å². The van der Waals surface area contributed by atoms with Crippen LogP contribution < -0.4 is 0 Å². The Labute approximate surface area is 88.9 Å². The topological polar surface area (TPSA) is 61.9 Å². The molecule has 1 N–H and O–H groups in total. The largest absolute Gasteiger partial charge is 0.336 e. The highest BCUT2D eigenvalue weighted by Gasteiger charge is 2.24. The lowest BCUT2D eigenvalue weighted by Gasteiger charge is -2.30. The highest BCUT2D eigenvalue weighted by Crippen LogP contribution is 2.22. The maximum absolute atomic E-state index is 11.9. The lowest BCUT2D eigenvalue weighted by Crippen LogP contribution is -2.38. The Bertz CT molecular complexity index is 316. The number of amides is 1. The quantitative estimate of drug-likeness (QED) is 0.794. The van der Waals surface area contributed by atoms with Gasteiger partial charge in [0.2, 0.25) is 5.82 Å². The first-order chi connectivity index (χ1) is 7.29. The maximum atomic E-state index is 11.9. The van der Waals surface area contributed by atoms with E-state index in [1.807, 2.05) is 7.05 Å². The summed E-state index contributed by atoms with van der Waals surface area (Å²) in [6, 6.07) is 0.372. The third-order valence-electron chi connectivity index (χ3n) is 3.06. The molecule has 2 rings (SSSR count). The SMILES string of the molecule is CN(C(=O)c1ncn[nH]1)C1CCCCC1. The van der Waals surface area contributed by atoms with Crippen LogP contribution in [0.25, 0.3) is 0 Å². The van der Waals surface area contributed by atoms with Crippen LogP contribution in [-0.4, -0.2) is 39.1 Å². The molecular formula is C10H16N4O. The first kappa shape index (κ1) is 10.1. The van der Waals surface area contributed by atoms with Gasteiger partial charge >= 0.3 is 0 Å². The first-order valence-electron chi connectivity index (χ1n) is 5.41. The molecule has 1 heterocycles. The number of rotatable bonds is 2. The summed E-state index contributed by atoms with van der Waals surface area (Å²) >= 11 is 0. The summed E-state index contributed by atoms with van der Waals surface area (Å²) in [6.45, 7) is 0. The second-order valence-electron chi connectivity index (χ2n) is 4.04. The summed E-state index contributed by atoms with van der Waals surface area (Å²) in [5.74, 6) is 0.280. The number of nitrogens with one attached hydrogen (secondary N) is 1. The Morgan fingerprint density at radius 3 is 2.80 bits per heavy atom. The summed E-state index contributed by atoms with van der Waals surface area (Å²) in [4.78, 5) is 17.6. The van der Waals surface area contributed by atoms with E-state index in [2.05, 4.69) is 15.2 Å². The standard InChI is InChI=1S/C10H16N4O/c1-14(8-5-3-2-4-6-8)10(15)9-11-7-12-13-9/h7-8H,2-6H2,1H3,(H,11,12,13). The van der Waals surface area contributed by atoms with Gasteiger partial charge in [0.1, 0.15) is 6.33 Å². The molecule has 0 aliphatic heterocycles. The minimum atomic E-state index is -0.0561. The van der Waals surface area contributed by atoms with Crippen molar-refractivity contribution >= 4 is 5.91 Å². The predicted molar refractivity (Wildman–Crippen MR) is 55.3 cm³/mol. The molecule has 1 amide bonds. The van der Waals surface area contributed by atoms with Gasteiger partial charge in [-0.2, -0.15) is 5.10 Å². The molecule has 0 unspecified atom stereocenters. The number of H-pyrrole nitrogens is 1. The summed E-state index contributed by atoms with van der Waals surface area (Å²) in [7, 11) is 1.85. The van der Waals surface area contributed by atoms with Crippen molar-refractivity contribution in [1.29, 1.82) is 0 Å². The van der Waals surface area contributed by atoms with Crippen molar-refractivity contribution in [3.8, 4) is 0 Å².